The van der Waals surface area contributed by atoms with E-state index in [-0.39, 0.29) is 23.7 Å². The molecule has 4 heteroatoms. The van der Waals surface area contributed by atoms with Crippen LogP contribution in [0.5, 0.6) is 0 Å². The molecule has 1 saturated heterocycles. The molecule has 1 aliphatic heterocycles. The number of carbonyl (C=O) groups excluding carboxylic acids is 2. The lowest BCUT2D eigenvalue weighted by molar-refractivity contribution is -0.136. The third-order valence-electron chi connectivity index (χ3n) is 5.41. The Morgan fingerprint density at radius 2 is 1.95 bits per heavy atom. The summed E-state index contributed by atoms with van der Waals surface area (Å²) in [4.78, 5) is 26.5. The third kappa shape index (κ3) is 3.58. The Bertz CT molecular complexity index is 413. The Kier molecular flexibility index (Phi) is 4.23. The van der Waals surface area contributed by atoms with E-state index in [0.29, 0.717) is 12.0 Å². The first-order valence-electron chi connectivity index (χ1n) is 8.70. The van der Waals surface area contributed by atoms with E-state index < -0.39 is 0 Å². The van der Waals surface area contributed by atoms with Gasteiger partial charge >= 0.3 is 0 Å². The van der Waals surface area contributed by atoms with E-state index in [2.05, 4.69) is 12.2 Å². The predicted octanol–water partition coefficient (Wildman–Crippen LogP) is 2.33. The topological polar surface area (TPSA) is 49.4 Å². The van der Waals surface area contributed by atoms with Gasteiger partial charge in [0.1, 0.15) is 0 Å². The summed E-state index contributed by atoms with van der Waals surface area (Å²) in [7, 11) is 0. The first-order chi connectivity index (χ1) is 10.1. The SMILES string of the molecule is CCCC1(CNC(=O)[C@@H]2CCCN(C(=O)C3CC3)C2)CC1. The highest BCUT2D eigenvalue weighted by molar-refractivity contribution is 5.83. The summed E-state index contributed by atoms with van der Waals surface area (Å²) in [5.41, 5.74) is 0.405. The van der Waals surface area contributed by atoms with E-state index in [0.717, 1.165) is 38.8 Å². The number of hydrogen-bond donors (Lipinski definition) is 1. The fraction of sp³-hybridized carbons (Fsp3) is 0.882. The summed E-state index contributed by atoms with van der Waals surface area (Å²) in [6.45, 7) is 4.54. The number of nitrogens with zero attached hydrogens (tertiary/aromatic N) is 1. The summed E-state index contributed by atoms with van der Waals surface area (Å²) in [6, 6.07) is 0. The largest absolute Gasteiger partial charge is 0.355 e. The average molecular weight is 292 g/mol. The summed E-state index contributed by atoms with van der Waals surface area (Å²) in [5, 5.41) is 3.17. The van der Waals surface area contributed by atoms with E-state index >= 15 is 0 Å². The molecule has 21 heavy (non-hydrogen) atoms. The molecule has 3 rings (SSSR count). The Hall–Kier alpha value is -1.06. The van der Waals surface area contributed by atoms with Crippen molar-refractivity contribution in [3.63, 3.8) is 0 Å². The van der Waals surface area contributed by atoms with Crippen LogP contribution in [0.4, 0.5) is 0 Å². The van der Waals surface area contributed by atoms with Crippen LogP contribution in [0.1, 0.15) is 58.3 Å². The second-order valence-corrected chi connectivity index (χ2v) is 7.37. The van der Waals surface area contributed by atoms with Crippen LogP contribution in [-0.4, -0.2) is 36.3 Å². The number of hydrogen-bond acceptors (Lipinski definition) is 2. The smallest absolute Gasteiger partial charge is 0.225 e. The second-order valence-electron chi connectivity index (χ2n) is 7.37. The van der Waals surface area contributed by atoms with Gasteiger partial charge in [-0.3, -0.25) is 9.59 Å². The van der Waals surface area contributed by atoms with Crippen molar-refractivity contribution in [2.75, 3.05) is 19.6 Å². The molecule has 1 N–H and O–H groups in total. The Labute approximate surface area is 127 Å². The Balaban J connectivity index is 1.46. The minimum Gasteiger partial charge on any atom is -0.355 e. The predicted molar refractivity (Wildman–Crippen MR) is 81.6 cm³/mol. The van der Waals surface area contributed by atoms with Gasteiger partial charge < -0.3 is 10.2 Å². The van der Waals surface area contributed by atoms with Crippen LogP contribution >= 0.6 is 0 Å². The van der Waals surface area contributed by atoms with Gasteiger partial charge in [-0.1, -0.05) is 13.3 Å². The van der Waals surface area contributed by atoms with Crippen molar-refractivity contribution >= 4 is 11.8 Å². The summed E-state index contributed by atoms with van der Waals surface area (Å²) >= 11 is 0. The number of amides is 2. The van der Waals surface area contributed by atoms with Crippen LogP contribution in [0.25, 0.3) is 0 Å². The molecule has 118 valence electrons. The van der Waals surface area contributed by atoms with Gasteiger partial charge in [-0.05, 0) is 50.4 Å². The summed E-state index contributed by atoms with van der Waals surface area (Å²) < 4.78 is 0. The van der Waals surface area contributed by atoms with E-state index in [4.69, 9.17) is 0 Å². The number of carbonyl (C=O) groups is 2. The molecular weight excluding hydrogens is 264 g/mol. The van der Waals surface area contributed by atoms with Gasteiger partial charge in [-0.15, -0.1) is 0 Å². The maximum atomic E-state index is 12.4. The van der Waals surface area contributed by atoms with Crippen molar-refractivity contribution in [3.05, 3.63) is 0 Å². The number of likely N-dealkylation sites (tertiary alicyclic amines) is 1. The van der Waals surface area contributed by atoms with Gasteiger partial charge in [0.15, 0.2) is 0 Å². The molecule has 0 aromatic rings. The molecule has 0 bridgehead atoms. The maximum absolute atomic E-state index is 12.4. The van der Waals surface area contributed by atoms with E-state index in [9.17, 15) is 9.59 Å². The van der Waals surface area contributed by atoms with Gasteiger partial charge in [0.05, 0.1) is 5.92 Å². The molecule has 0 aromatic heterocycles. The molecule has 0 radical (unpaired) electrons. The molecular formula is C17H28N2O2. The van der Waals surface area contributed by atoms with Crippen LogP contribution in [0, 0.1) is 17.3 Å². The second kappa shape index (κ2) is 5.98. The van der Waals surface area contributed by atoms with Gasteiger partial charge in [0, 0.05) is 25.6 Å². The van der Waals surface area contributed by atoms with Crippen LogP contribution < -0.4 is 5.32 Å². The average Bonchev–Trinajstić information content (AvgIpc) is 3.39. The standard InChI is InChI=1S/C17H28N2O2/c1-2-7-17(8-9-17)12-18-15(20)14-4-3-10-19(11-14)16(21)13-5-6-13/h13-14H,2-12H2,1H3,(H,18,20)/t14-/m1/s1. The maximum Gasteiger partial charge on any atom is 0.225 e. The lowest BCUT2D eigenvalue weighted by Gasteiger charge is -2.32. The third-order valence-corrected chi connectivity index (χ3v) is 5.41. The van der Waals surface area contributed by atoms with Crippen molar-refractivity contribution in [1.29, 1.82) is 0 Å². The van der Waals surface area contributed by atoms with Gasteiger partial charge in [-0.25, -0.2) is 0 Å². The summed E-state index contributed by atoms with van der Waals surface area (Å²) in [6.07, 6.45) is 8.94. The van der Waals surface area contributed by atoms with Crippen LogP contribution in [0.15, 0.2) is 0 Å². The van der Waals surface area contributed by atoms with Crippen LogP contribution in [-0.2, 0) is 9.59 Å². The molecule has 1 atom stereocenters. The number of piperidine rings is 1. The van der Waals surface area contributed by atoms with Crippen molar-refractivity contribution in [2.24, 2.45) is 17.3 Å². The first kappa shape index (κ1) is 14.9. The summed E-state index contributed by atoms with van der Waals surface area (Å²) in [5.74, 6) is 0.743. The molecule has 3 fully saturated rings. The highest BCUT2D eigenvalue weighted by Gasteiger charge is 2.42. The number of rotatable bonds is 6. The number of nitrogens with one attached hydrogen (secondary N) is 1. The van der Waals surface area contributed by atoms with Gasteiger partial charge in [0.25, 0.3) is 0 Å². The van der Waals surface area contributed by atoms with Crippen molar-refractivity contribution in [3.8, 4) is 0 Å². The van der Waals surface area contributed by atoms with E-state index in [1.54, 1.807) is 0 Å². The molecule has 4 nitrogen and oxygen atoms in total. The first-order valence-corrected chi connectivity index (χ1v) is 8.70. The molecule has 0 aromatic carbocycles. The zero-order valence-electron chi connectivity index (χ0n) is 13.2. The van der Waals surface area contributed by atoms with Crippen molar-refractivity contribution in [2.45, 2.75) is 58.3 Å². The fourth-order valence-corrected chi connectivity index (χ4v) is 3.62. The van der Waals surface area contributed by atoms with E-state index in [1.165, 1.54) is 25.7 Å². The Morgan fingerprint density at radius 3 is 2.57 bits per heavy atom. The molecule has 2 amide bonds. The van der Waals surface area contributed by atoms with Crippen molar-refractivity contribution in [1.82, 2.24) is 10.2 Å². The molecule has 3 aliphatic rings. The zero-order chi connectivity index (χ0) is 14.9. The molecule has 0 unspecified atom stereocenters. The molecule has 2 saturated carbocycles. The fourth-order valence-electron chi connectivity index (χ4n) is 3.62. The Morgan fingerprint density at radius 1 is 1.19 bits per heavy atom. The monoisotopic (exact) mass is 292 g/mol. The van der Waals surface area contributed by atoms with Gasteiger partial charge in [-0.2, -0.15) is 0 Å². The van der Waals surface area contributed by atoms with Gasteiger partial charge in [0.2, 0.25) is 11.8 Å². The van der Waals surface area contributed by atoms with E-state index in [1.807, 2.05) is 4.90 Å². The normalized spacial score (nSPS) is 27.3. The highest BCUT2D eigenvalue weighted by atomic mass is 16.2. The lowest BCUT2D eigenvalue weighted by atomic mass is 9.95. The quantitative estimate of drug-likeness (QED) is 0.817. The van der Waals surface area contributed by atoms with Crippen LogP contribution in [0.2, 0.25) is 0 Å². The molecule has 0 spiro atoms. The van der Waals surface area contributed by atoms with Crippen LogP contribution in [0.3, 0.4) is 0 Å². The lowest BCUT2D eigenvalue weighted by Crippen LogP contribution is -2.46. The zero-order valence-corrected chi connectivity index (χ0v) is 13.2. The highest BCUT2D eigenvalue weighted by Crippen LogP contribution is 2.49. The molecule has 2 aliphatic carbocycles. The minimum absolute atomic E-state index is 0.0128. The molecule has 1 heterocycles. The minimum atomic E-state index is 0.0128. The van der Waals surface area contributed by atoms with Crippen molar-refractivity contribution < 1.29 is 9.59 Å².